The molecule has 1 aromatic rings. The number of carboxylic acids is 1. The summed E-state index contributed by atoms with van der Waals surface area (Å²) in [6, 6.07) is 2.35. The minimum absolute atomic E-state index is 0.0893. The van der Waals surface area contributed by atoms with Crippen LogP contribution in [0.1, 0.15) is 28.8 Å². The Morgan fingerprint density at radius 3 is 2.57 bits per heavy atom. The first kappa shape index (κ1) is 16.6. The van der Waals surface area contributed by atoms with Gasteiger partial charge in [-0.3, -0.25) is 9.59 Å². The minimum Gasteiger partial charge on any atom is -0.480 e. The lowest BCUT2D eigenvalue weighted by molar-refractivity contribution is -0.142. The van der Waals surface area contributed by atoms with Crippen LogP contribution in [0, 0.1) is 12.7 Å². The Morgan fingerprint density at radius 1 is 1.38 bits per heavy atom. The highest BCUT2D eigenvalue weighted by Gasteiger charge is 2.22. The third-order valence-electron chi connectivity index (χ3n) is 2.90. The maximum absolute atomic E-state index is 13.0. The predicted molar refractivity (Wildman–Crippen MR) is 71.3 cm³/mol. The highest BCUT2D eigenvalue weighted by molar-refractivity contribution is 5.97. The first-order valence-corrected chi connectivity index (χ1v) is 6.21. The quantitative estimate of drug-likeness (QED) is 0.771. The van der Waals surface area contributed by atoms with E-state index in [-0.39, 0.29) is 18.4 Å². The van der Waals surface area contributed by atoms with Crippen molar-refractivity contribution >= 4 is 17.8 Å². The molecule has 0 aliphatic rings. The number of aliphatic carboxylic acids is 1. The molecule has 0 bridgehead atoms. The van der Waals surface area contributed by atoms with Crippen molar-refractivity contribution in [3.63, 3.8) is 0 Å². The standard InChI is InChI=1S/C14H16FNO5/c1-8-7-9(15)3-4-10(8)13(18)16-11(14(19)20)5-6-12(17)21-2/h3-4,7,11H,5-6H2,1-2H3,(H,16,18)(H,19,20). The monoisotopic (exact) mass is 297 g/mol. The summed E-state index contributed by atoms with van der Waals surface area (Å²) in [4.78, 5) is 34.1. The maximum atomic E-state index is 13.0. The van der Waals surface area contributed by atoms with Gasteiger partial charge in [0.2, 0.25) is 0 Å². The summed E-state index contributed by atoms with van der Waals surface area (Å²) in [6.45, 7) is 1.54. The number of hydrogen-bond donors (Lipinski definition) is 2. The smallest absolute Gasteiger partial charge is 0.326 e. The van der Waals surface area contributed by atoms with Gasteiger partial charge in [-0.2, -0.15) is 0 Å². The first-order valence-electron chi connectivity index (χ1n) is 6.21. The molecule has 1 atom stereocenters. The van der Waals surface area contributed by atoms with Crippen molar-refractivity contribution in [3.05, 3.63) is 35.1 Å². The van der Waals surface area contributed by atoms with E-state index >= 15 is 0 Å². The molecule has 0 fully saturated rings. The Balaban J connectivity index is 2.76. The number of carbonyl (C=O) groups excluding carboxylic acids is 2. The number of methoxy groups -OCH3 is 1. The SMILES string of the molecule is COC(=O)CCC(NC(=O)c1ccc(F)cc1C)C(=O)O. The lowest BCUT2D eigenvalue weighted by Crippen LogP contribution is -2.41. The van der Waals surface area contributed by atoms with E-state index in [1.165, 1.54) is 19.2 Å². The first-order chi connectivity index (χ1) is 9.85. The number of amides is 1. The van der Waals surface area contributed by atoms with Crippen LogP contribution in [0.3, 0.4) is 0 Å². The zero-order valence-electron chi connectivity index (χ0n) is 11.7. The number of carbonyl (C=O) groups is 3. The van der Waals surface area contributed by atoms with Gasteiger partial charge in [-0.1, -0.05) is 0 Å². The Bertz CT molecular complexity index is 558. The molecule has 0 aromatic heterocycles. The number of aryl methyl sites for hydroxylation is 1. The van der Waals surface area contributed by atoms with Crippen LogP contribution in [0.5, 0.6) is 0 Å². The summed E-state index contributed by atoms with van der Waals surface area (Å²) in [6.07, 6.45) is -0.218. The van der Waals surface area contributed by atoms with Gasteiger partial charge in [0.15, 0.2) is 0 Å². The average molecular weight is 297 g/mol. The number of ether oxygens (including phenoxy) is 1. The minimum atomic E-state index is -1.26. The molecule has 1 aromatic carbocycles. The highest BCUT2D eigenvalue weighted by Crippen LogP contribution is 2.11. The Labute approximate surface area is 120 Å². The molecular weight excluding hydrogens is 281 g/mol. The van der Waals surface area contributed by atoms with Crippen LogP contribution in [0.2, 0.25) is 0 Å². The van der Waals surface area contributed by atoms with Crippen LogP contribution >= 0.6 is 0 Å². The summed E-state index contributed by atoms with van der Waals surface area (Å²) >= 11 is 0. The van der Waals surface area contributed by atoms with Crippen LogP contribution < -0.4 is 5.32 Å². The van der Waals surface area contributed by atoms with E-state index in [1.807, 2.05) is 0 Å². The zero-order chi connectivity index (χ0) is 16.0. The largest absolute Gasteiger partial charge is 0.480 e. The van der Waals surface area contributed by atoms with Crippen molar-refractivity contribution < 1.29 is 28.6 Å². The third kappa shape index (κ3) is 4.87. The average Bonchev–Trinajstić information content (AvgIpc) is 2.42. The molecule has 0 spiro atoms. The second kappa shape index (κ2) is 7.37. The van der Waals surface area contributed by atoms with Crippen molar-refractivity contribution in [3.8, 4) is 0 Å². The third-order valence-corrected chi connectivity index (χ3v) is 2.90. The summed E-state index contributed by atoms with van der Waals surface area (Å²) in [5.74, 6) is -2.94. The van der Waals surface area contributed by atoms with Gasteiger partial charge in [0.1, 0.15) is 11.9 Å². The molecule has 0 saturated heterocycles. The summed E-state index contributed by atoms with van der Waals surface area (Å²) in [5, 5.41) is 11.3. The van der Waals surface area contributed by atoms with Gasteiger partial charge in [-0.05, 0) is 37.1 Å². The normalized spacial score (nSPS) is 11.6. The van der Waals surface area contributed by atoms with Gasteiger partial charge in [0.25, 0.3) is 5.91 Å². The van der Waals surface area contributed by atoms with Crippen LogP contribution in [0.15, 0.2) is 18.2 Å². The van der Waals surface area contributed by atoms with Gasteiger partial charge < -0.3 is 15.2 Å². The Hall–Kier alpha value is -2.44. The molecule has 6 nitrogen and oxygen atoms in total. The van der Waals surface area contributed by atoms with Crippen molar-refractivity contribution in [1.29, 1.82) is 0 Å². The number of halogens is 1. The van der Waals surface area contributed by atoms with Crippen LogP contribution in [-0.4, -0.2) is 36.1 Å². The highest BCUT2D eigenvalue weighted by atomic mass is 19.1. The van der Waals surface area contributed by atoms with E-state index in [0.29, 0.717) is 5.56 Å². The van der Waals surface area contributed by atoms with E-state index in [4.69, 9.17) is 5.11 Å². The maximum Gasteiger partial charge on any atom is 0.326 e. The van der Waals surface area contributed by atoms with E-state index in [9.17, 15) is 18.8 Å². The van der Waals surface area contributed by atoms with Crippen molar-refractivity contribution in [1.82, 2.24) is 5.32 Å². The van der Waals surface area contributed by atoms with E-state index in [0.717, 1.165) is 6.07 Å². The molecule has 1 unspecified atom stereocenters. The van der Waals surface area contributed by atoms with Crippen molar-refractivity contribution in [2.45, 2.75) is 25.8 Å². The van der Waals surface area contributed by atoms with Crippen LogP contribution in [0.4, 0.5) is 4.39 Å². The molecule has 21 heavy (non-hydrogen) atoms. The van der Waals surface area contributed by atoms with Gasteiger partial charge in [0.05, 0.1) is 7.11 Å². The second-order valence-corrected chi connectivity index (χ2v) is 4.44. The fraction of sp³-hybridized carbons (Fsp3) is 0.357. The molecule has 0 aliphatic heterocycles. The fourth-order valence-electron chi connectivity index (χ4n) is 1.74. The van der Waals surface area contributed by atoms with Crippen LogP contribution in [-0.2, 0) is 14.3 Å². The number of carboxylic acid groups (broad SMARTS) is 1. The summed E-state index contributed by atoms with van der Waals surface area (Å²) in [7, 11) is 1.19. The number of esters is 1. The summed E-state index contributed by atoms with van der Waals surface area (Å²) < 4.78 is 17.4. The summed E-state index contributed by atoms with van der Waals surface area (Å²) in [5.41, 5.74) is 0.574. The van der Waals surface area contributed by atoms with Gasteiger partial charge in [-0.15, -0.1) is 0 Å². The Kier molecular flexibility index (Phi) is 5.83. The molecular formula is C14H16FNO5. The molecule has 2 N–H and O–H groups in total. The molecule has 1 rings (SSSR count). The molecule has 0 aliphatic carbocycles. The van der Waals surface area contributed by atoms with E-state index in [2.05, 4.69) is 10.1 Å². The van der Waals surface area contributed by atoms with Crippen molar-refractivity contribution in [2.24, 2.45) is 0 Å². The molecule has 0 saturated carbocycles. The molecule has 114 valence electrons. The number of hydrogen-bond acceptors (Lipinski definition) is 4. The number of rotatable bonds is 6. The fourth-order valence-corrected chi connectivity index (χ4v) is 1.74. The van der Waals surface area contributed by atoms with Gasteiger partial charge in [0, 0.05) is 12.0 Å². The van der Waals surface area contributed by atoms with Gasteiger partial charge >= 0.3 is 11.9 Å². The van der Waals surface area contributed by atoms with Gasteiger partial charge in [-0.25, -0.2) is 9.18 Å². The lowest BCUT2D eigenvalue weighted by Gasteiger charge is -2.15. The lowest BCUT2D eigenvalue weighted by atomic mass is 10.1. The second-order valence-electron chi connectivity index (χ2n) is 4.44. The van der Waals surface area contributed by atoms with Crippen molar-refractivity contribution in [2.75, 3.05) is 7.11 Å². The predicted octanol–water partition coefficient (Wildman–Crippen LogP) is 1.27. The van der Waals surface area contributed by atoms with E-state index in [1.54, 1.807) is 6.92 Å². The number of nitrogens with one attached hydrogen (secondary N) is 1. The molecule has 0 heterocycles. The topological polar surface area (TPSA) is 92.7 Å². The zero-order valence-corrected chi connectivity index (χ0v) is 11.7. The molecule has 0 radical (unpaired) electrons. The Morgan fingerprint density at radius 2 is 2.05 bits per heavy atom. The number of benzene rings is 1. The molecule has 7 heteroatoms. The molecule has 1 amide bonds. The van der Waals surface area contributed by atoms with E-state index < -0.39 is 29.7 Å². The van der Waals surface area contributed by atoms with Crippen LogP contribution in [0.25, 0.3) is 0 Å².